The van der Waals surface area contributed by atoms with Gasteiger partial charge in [-0.25, -0.2) is 0 Å². The molecule has 74 valence electrons. The second kappa shape index (κ2) is 4.18. The van der Waals surface area contributed by atoms with Crippen LogP contribution < -0.4 is 0 Å². The van der Waals surface area contributed by atoms with Gasteiger partial charge in [-0.05, 0) is 42.9 Å². The van der Waals surface area contributed by atoms with Crippen molar-refractivity contribution >= 4 is 17.2 Å². The Balaban J connectivity index is 2.35. The van der Waals surface area contributed by atoms with E-state index in [9.17, 15) is 0 Å². The smallest absolute Gasteiger partial charge is 0.0522 e. The normalized spacial score (nSPS) is 21.9. The van der Waals surface area contributed by atoms with Gasteiger partial charge >= 0.3 is 0 Å². The second-order valence-electron chi connectivity index (χ2n) is 3.92. The Morgan fingerprint density at radius 3 is 2.79 bits per heavy atom. The summed E-state index contributed by atoms with van der Waals surface area (Å²) in [6.45, 7) is 2.16. The summed E-state index contributed by atoms with van der Waals surface area (Å²) in [4.78, 5) is 0. The molecule has 0 nitrogen and oxygen atoms in total. The molecule has 2 rings (SSSR count). The number of rotatable bonds is 1. The fourth-order valence-electron chi connectivity index (χ4n) is 2.03. The molecule has 1 aromatic rings. The largest absolute Gasteiger partial charge is 0.118 e. The van der Waals surface area contributed by atoms with Gasteiger partial charge in [-0.1, -0.05) is 30.3 Å². The SMILES string of the molecule is Cc1ccccc1C1=CC(Cl)CCC1. The number of halogens is 1. The maximum atomic E-state index is 6.14. The number of benzene rings is 1. The van der Waals surface area contributed by atoms with Gasteiger partial charge in [-0.2, -0.15) is 0 Å². The molecule has 0 fully saturated rings. The predicted molar refractivity (Wildman–Crippen MR) is 62.6 cm³/mol. The van der Waals surface area contributed by atoms with Crippen molar-refractivity contribution in [3.8, 4) is 0 Å². The van der Waals surface area contributed by atoms with Crippen LogP contribution in [0.1, 0.15) is 30.4 Å². The fraction of sp³-hybridized carbons (Fsp3) is 0.385. The van der Waals surface area contributed by atoms with E-state index in [1.165, 1.54) is 29.5 Å². The summed E-state index contributed by atoms with van der Waals surface area (Å²) in [6.07, 6.45) is 5.73. The van der Waals surface area contributed by atoms with Gasteiger partial charge in [-0.15, -0.1) is 11.6 Å². The standard InChI is InChI=1S/C13H15Cl/c1-10-5-2-3-8-13(10)11-6-4-7-12(14)9-11/h2-3,5,8-9,12H,4,6-7H2,1H3. The van der Waals surface area contributed by atoms with Crippen molar-refractivity contribution in [3.05, 3.63) is 41.5 Å². The first kappa shape index (κ1) is 9.79. The molecule has 0 bridgehead atoms. The zero-order valence-corrected chi connectivity index (χ0v) is 9.22. The summed E-state index contributed by atoms with van der Waals surface area (Å²) in [5, 5.41) is 0.235. The predicted octanol–water partition coefficient (Wildman–Crippen LogP) is 4.17. The molecule has 1 aromatic carbocycles. The van der Waals surface area contributed by atoms with Crippen LogP contribution >= 0.6 is 11.6 Å². The van der Waals surface area contributed by atoms with Crippen LogP contribution in [-0.2, 0) is 0 Å². The Labute approximate surface area is 90.6 Å². The lowest BCUT2D eigenvalue weighted by atomic mass is 9.91. The molecule has 0 N–H and O–H groups in total. The van der Waals surface area contributed by atoms with Crippen LogP contribution in [0.4, 0.5) is 0 Å². The summed E-state index contributed by atoms with van der Waals surface area (Å²) in [6, 6.07) is 8.53. The van der Waals surface area contributed by atoms with Crippen LogP contribution in [0.25, 0.3) is 5.57 Å². The van der Waals surface area contributed by atoms with Gasteiger partial charge < -0.3 is 0 Å². The number of hydrogen-bond acceptors (Lipinski definition) is 0. The van der Waals surface area contributed by atoms with Gasteiger partial charge in [0.25, 0.3) is 0 Å². The van der Waals surface area contributed by atoms with Crippen molar-refractivity contribution in [2.75, 3.05) is 0 Å². The lowest BCUT2D eigenvalue weighted by Crippen LogP contribution is -2.03. The third kappa shape index (κ3) is 2.01. The van der Waals surface area contributed by atoms with Crippen LogP contribution in [0.15, 0.2) is 30.3 Å². The minimum absolute atomic E-state index is 0.235. The summed E-state index contributed by atoms with van der Waals surface area (Å²) in [7, 11) is 0. The van der Waals surface area contributed by atoms with Gasteiger partial charge in [0.2, 0.25) is 0 Å². The molecule has 1 heteroatoms. The van der Waals surface area contributed by atoms with Gasteiger partial charge in [0, 0.05) is 0 Å². The molecule has 14 heavy (non-hydrogen) atoms. The maximum absolute atomic E-state index is 6.14. The lowest BCUT2D eigenvalue weighted by Gasteiger charge is -2.18. The molecule has 0 saturated heterocycles. The van der Waals surface area contributed by atoms with Crippen molar-refractivity contribution in [2.45, 2.75) is 31.6 Å². The van der Waals surface area contributed by atoms with E-state index in [4.69, 9.17) is 11.6 Å². The van der Waals surface area contributed by atoms with Crippen LogP contribution in [0, 0.1) is 6.92 Å². The Bertz CT molecular complexity index is 352. The average Bonchev–Trinajstić information content (AvgIpc) is 2.18. The Hall–Kier alpha value is -0.750. The lowest BCUT2D eigenvalue weighted by molar-refractivity contribution is 0.747. The number of alkyl halides is 1. The third-order valence-corrected chi connectivity index (χ3v) is 3.14. The molecule has 1 atom stereocenters. The summed E-state index contributed by atoms with van der Waals surface area (Å²) in [5.41, 5.74) is 4.15. The van der Waals surface area contributed by atoms with Crippen LogP contribution in [0.3, 0.4) is 0 Å². The molecule has 0 spiro atoms. The fourth-order valence-corrected chi connectivity index (χ4v) is 2.34. The average molecular weight is 207 g/mol. The molecule has 1 aliphatic carbocycles. The number of hydrogen-bond donors (Lipinski definition) is 0. The Morgan fingerprint density at radius 2 is 2.07 bits per heavy atom. The molecule has 1 unspecified atom stereocenters. The molecular formula is C13H15Cl. The summed E-state index contributed by atoms with van der Waals surface area (Å²) in [5.74, 6) is 0. The summed E-state index contributed by atoms with van der Waals surface area (Å²) >= 11 is 6.14. The molecular weight excluding hydrogens is 192 g/mol. The van der Waals surface area contributed by atoms with Crippen molar-refractivity contribution in [2.24, 2.45) is 0 Å². The highest BCUT2D eigenvalue weighted by atomic mass is 35.5. The Kier molecular flexibility index (Phi) is 2.93. The van der Waals surface area contributed by atoms with Gasteiger partial charge in [0.1, 0.15) is 0 Å². The van der Waals surface area contributed by atoms with E-state index < -0.39 is 0 Å². The molecule has 1 aliphatic rings. The zero-order chi connectivity index (χ0) is 9.97. The highest BCUT2D eigenvalue weighted by Crippen LogP contribution is 2.30. The van der Waals surface area contributed by atoms with E-state index in [2.05, 4.69) is 37.3 Å². The molecule has 0 radical (unpaired) electrons. The molecule has 0 aliphatic heterocycles. The molecule has 0 aromatic heterocycles. The number of allylic oxidation sites excluding steroid dienone is 2. The van der Waals surface area contributed by atoms with E-state index >= 15 is 0 Å². The minimum Gasteiger partial charge on any atom is -0.118 e. The van der Waals surface area contributed by atoms with E-state index in [0.717, 1.165) is 6.42 Å². The van der Waals surface area contributed by atoms with Crippen molar-refractivity contribution in [3.63, 3.8) is 0 Å². The Morgan fingerprint density at radius 1 is 1.29 bits per heavy atom. The van der Waals surface area contributed by atoms with E-state index in [0.29, 0.717) is 0 Å². The van der Waals surface area contributed by atoms with E-state index in [-0.39, 0.29) is 5.38 Å². The van der Waals surface area contributed by atoms with Gasteiger partial charge in [0.05, 0.1) is 5.38 Å². The molecule has 0 amide bonds. The highest BCUT2D eigenvalue weighted by Gasteiger charge is 2.13. The maximum Gasteiger partial charge on any atom is 0.0522 e. The monoisotopic (exact) mass is 206 g/mol. The van der Waals surface area contributed by atoms with Gasteiger partial charge in [-0.3, -0.25) is 0 Å². The van der Waals surface area contributed by atoms with E-state index in [1.807, 2.05) is 0 Å². The van der Waals surface area contributed by atoms with E-state index in [1.54, 1.807) is 0 Å². The van der Waals surface area contributed by atoms with Crippen LogP contribution in [0.2, 0.25) is 0 Å². The number of aryl methyl sites for hydroxylation is 1. The minimum atomic E-state index is 0.235. The zero-order valence-electron chi connectivity index (χ0n) is 8.46. The second-order valence-corrected chi connectivity index (χ2v) is 4.48. The first-order valence-electron chi connectivity index (χ1n) is 5.18. The van der Waals surface area contributed by atoms with Crippen LogP contribution in [0.5, 0.6) is 0 Å². The topological polar surface area (TPSA) is 0 Å². The first-order chi connectivity index (χ1) is 6.77. The molecule has 0 saturated carbocycles. The van der Waals surface area contributed by atoms with Gasteiger partial charge in [0.15, 0.2) is 0 Å². The van der Waals surface area contributed by atoms with Crippen molar-refractivity contribution in [1.29, 1.82) is 0 Å². The first-order valence-corrected chi connectivity index (χ1v) is 5.62. The quantitative estimate of drug-likeness (QED) is 0.605. The molecule has 0 heterocycles. The third-order valence-electron chi connectivity index (χ3n) is 2.80. The van der Waals surface area contributed by atoms with Crippen molar-refractivity contribution < 1.29 is 0 Å². The van der Waals surface area contributed by atoms with Crippen LogP contribution in [-0.4, -0.2) is 5.38 Å². The van der Waals surface area contributed by atoms with Crippen molar-refractivity contribution in [1.82, 2.24) is 0 Å². The summed E-state index contributed by atoms with van der Waals surface area (Å²) < 4.78 is 0. The highest BCUT2D eigenvalue weighted by molar-refractivity contribution is 6.22.